The largest absolute Gasteiger partial charge is 0.480 e. The second-order valence-electron chi connectivity index (χ2n) is 13.1. The maximum Gasteiger partial charge on any atom is 0.410 e. The summed E-state index contributed by atoms with van der Waals surface area (Å²) in [5, 5.41) is 9.85. The summed E-state index contributed by atoms with van der Waals surface area (Å²) in [5.41, 5.74) is 4.44. The van der Waals surface area contributed by atoms with E-state index in [9.17, 15) is 24.3 Å². The van der Waals surface area contributed by atoms with E-state index >= 15 is 0 Å². The lowest BCUT2D eigenvalue weighted by atomic mass is 9.96. The number of carboxylic acids is 1. The molecule has 0 saturated carbocycles. The Hall–Kier alpha value is -3.88. The summed E-state index contributed by atoms with van der Waals surface area (Å²) in [6.45, 7) is 11.5. The molecule has 1 aliphatic rings. The third-order valence-corrected chi connectivity index (χ3v) is 8.52. The van der Waals surface area contributed by atoms with Gasteiger partial charge in [0.2, 0.25) is 11.8 Å². The predicted molar refractivity (Wildman–Crippen MR) is 171 cm³/mol. The summed E-state index contributed by atoms with van der Waals surface area (Å²) in [6.07, 6.45) is 0.0147. The second kappa shape index (κ2) is 14.7. The molecule has 0 bridgehead atoms. The van der Waals surface area contributed by atoms with E-state index < -0.39 is 42.0 Å². The Labute approximate surface area is 262 Å². The van der Waals surface area contributed by atoms with E-state index in [4.69, 9.17) is 4.74 Å². The fraction of sp³-hybridized carbons (Fsp3) is 0.543. The van der Waals surface area contributed by atoms with Crippen LogP contribution in [0, 0.1) is 17.8 Å². The maximum atomic E-state index is 14.0. The van der Waals surface area contributed by atoms with Gasteiger partial charge in [-0.2, -0.15) is 0 Å². The Morgan fingerprint density at radius 2 is 1.16 bits per heavy atom. The molecule has 0 spiro atoms. The first-order chi connectivity index (χ1) is 20.7. The van der Waals surface area contributed by atoms with Crippen molar-refractivity contribution in [3.05, 3.63) is 59.7 Å². The van der Waals surface area contributed by atoms with Gasteiger partial charge in [-0.15, -0.1) is 0 Å². The molecule has 0 heterocycles. The van der Waals surface area contributed by atoms with E-state index in [2.05, 4.69) is 12.1 Å². The van der Waals surface area contributed by atoms with Crippen molar-refractivity contribution in [1.82, 2.24) is 14.7 Å². The Balaban J connectivity index is 1.80. The number of aliphatic carboxylic acids is 1. The molecule has 0 fully saturated rings. The van der Waals surface area contributed by atoms with Gasteiger partial charge in [-0.05, 0) is 52.8 Å². The average Bonchev–Trinajstić information content (AvgIpc) is 3.29. The topological polar surface area (TPSA) is 107 Å². The van der Waals surface area contributed by atoms with Crippen LogP contribution in [0.15, 0.2) is 48.5 Å². The number of nitrogens with zero attached hydrogens (tertiary/aromatic N) is 3. The lowest BCUT2D eigenvalue weighted by Gasteiger charge is -2.38. The van der Waals surface area contributed by atoms with E-state index in [0.717, 1.165) is 22.3 Å². The maximum absolute atomic E-state index is 14.0. The molecule has 3 amide bonds. The van der Waals surface area contributed by atoms with Crippen molar-refractivity contribution in [3.63, 3.8) is 0 Å². The molecule has 0 aliphatic heterocycles. The average molecular weight is 608 g/mol. The van der Waals surface area contributed by atoms with Gasteiger partial charge in [0.15, 0.2) is 0 Å². The number of ether oxygens (including phenoxy) is 1. The first kappa shape index (κ1) is 34.6. The summed E-state index contributed by atoms with van der Waals surface area (Å²) in [6, 6.07) is 13.4. The van der Waals surface area contributed by atoms with Crippen LogP contribution in [0.3, 0.4) is 0 Å². The molecule has 0 aromatic heterocycles. The van der Waals surface area contributed by atoms with Gasteiger partial charge >= 0.3 is 12.1 Å². The summed E-state index contributed by atoms with van der Waals surface area (Å²) >= 11 is 0. The quantitative estimate of drug-likeness (QED) is 0.312. The molecule has 44 heavy (non-hydrogen) atoms. The monoisotopic (exact) mass is 607 g/mol. The highest BCUT2D eigenvalue weighted by Gasteiger charge is 2.40. The predicted octanol–water partition coefficient (Wildman–Crippen LogP) is 5.72. The normalized spacial score (nSPS) is 14.5. The zero-order valence-corrected chi connectivity index (χ0v) is 27.6. The summed E-state index contributed by atoms with van der Waals surface area (Å²) in [4.78, 5) is 57.2. The van der Waals surface area contributed by atoms with Gasteiger partial charge < -0.3 is 19.6 Å². The van der Waals surface area contributed by atoms with Crippen LogP contribution >= 0.6 is 0 Å². The lowest BCUT2D eigenvalue weighted by molar-refractivity contribution is -0.155. The number of benzene rings is 2. The van der Waals surface area contributed by atoms with Crippen molar-refractivity contribution >= 4 is 23.9 Å². The number of likely N-dealkylation sites (N-methyl/N-ethyl adjacent to an activating group) is 3. The molecule has 9 nitrogen and oxygen atoms in total. The zero-order chi connectivity index (χ0) is 32.9. The van der Waals surface area contributed by atoms with Crippen molar-refractivity contribution in [1.29, 1.82) is 0 Å². The Morgan fingerprint density at radius 1 is 0.705 bits per heavy atom. The van der Waals surface area contributed by atoms with E-state index in [1.807, 2.05) is 77.9 Å². The molecule has 3 atom stereocenters. The van der Waals surface area contributed by atoms with Crippen LogP contribution in [0.4, 0.5) is 4.79 Å². The van der Waals surface area contributed by atoms with E-state index in [0.29, 0.717) is 12.8 Å². The fourth-order valence-electron chi connectivity index (χ4n) is 6.20. The highest BCUT2D eigenvalue weighted by molar-refractivity contribution is 5.93. The minimum atomic E-state index is -1.08. The van der Waals surface area contributed by atoms with Gasteiger partial charge in [0, 0.05) is 27.1 Å². The van der Waals surface area contributed by atoms with Crippen molar-refractivity contribution < 1.29 is 29.0 Å². The summed E-state index contributed by atoms with van der Waals surface area (Å²) in [7, 11) is 4.59. The van der Waals surface area contributed by atoms with Crippen LogP contribution < -0.4 is 0 Å². The number of rotatable bonds is 13. The zero-order valence-electron chi connectivity index (χ0n) is 27.6. The Kier molecular flexibility index (Phi) is 11.6. The Bertz CT molecular complexity index is 1290. The number of carbonyl (C=O) groups is 4. The minimum Gasteiger partial charge on any atom is -0.480 e. The summed E-state index contributed by atoms with van der Waals surface area (Å²) in [5.74, 6) is -2.21. The molecule has 3 rings (SSSR count). The molecule has 0 unspecified atom stereocenters. The van der Waals surface area contributed by atoms with E-state index in [1.165, 1.54) is 21.7 Å². The SMILES string of the molecule is CC(C)C[C@@H](C(=O)N(C)[C@@H](CC(C)C)C(=O)O)N(C)C(=O)[C@H](C(C)C)N(C)C(=O)OCC1c2ccccc2-c2ccccc21. The molecule has 0 radical (unpaired) electrons. The third kappa shape index (κ3) is 7.60. The molecule has 240 valence electrons. The number of amides is 3. The first-order valence-corrected chi connectivity index (χ1v) is 15.5. The molecule has 1 aliphatic carbocycles. The molecule has 9 heteroatoms. The highest BCUT2D eigenvalue weighted by Crippen LogP contribution is 2.44. The molecule has 0 saturated heterocycles. The first-order valence-electron chi connectivity index (χ1n) is 15.5. The van der Waals surface area contributed by atoms with Crippen LogP contribution in [0.5, 0.6) is 0 Å². The standard InChI is InChI=1S/C35H49N3O6/c1-21(2)18-29(32(39)37(8)30(34(41)42)19-22(3)4)36(7)33(40)31(23(5)6)38(9)35(43)44-20-28-26-16-12-10-14-24(26)25-15-11-13-17-27(25)28/h10-17,21-23,28-31H,18-20H2,1-9H3,(H,41,42)/t29-,30-,31-/m0/s1. The van der Waals surface area contributed by atoms with E-state index in [-0.39, 0.29) is 30.3 Å². The van der Waals surface area contributed by atoms with Gasteiger partial charge in [0.05, 0.1) is 0 Å². The molecule has 2 aromatic rings. The molecular weight excluding hydrogens is 558 g/mol. The van der Waals surface area contributed by atoms with Crippen molar-refractivity contribution in [2.45, 2.75) is 78.4 Å². The third-order valence-electron chi connectivity index (χ3n) is 8.52. The van der Waals surface area contributed by atoms with Crippen molar-refractivity contribution in [3.8, 4) is 11.1 Å². The lowest BCUT2D eigenvalue weighted by Crippen LogP contribution is -2.58. The minimum absolute atomic E-state index is 0.0540. The van der Waals surface area contributed by atoms with Gasteiger partial charge in [0.25, 0.3) is 0 Å². The van der Waals surface area contributed by atoms with Gasteiger partial charge in [-0.3, -0.25) is 14.5 Å². The highest BCUT2D eigenvalue weighted by atomic mass is 16.6. The van der Waals surface area contributed by atoms with Crippen molar-refractivity contribution in [2.24, 2.45) is 17.8 Å². The molecule has 2 aromatic carbocycles. The second-order valence-corrected chi connectivity index (χ2v) is 13.1. The number of fused-ring (bicyclic) bond motifs is 3. The number of hydrogen-bond acceptors (Lipinski definition) is 5. The van der Waals surface area contributed by atoms with Gasteiger partial charge in [0.1, 0.15) is 24.7 Å². The van der Waals surface area contributed by atoms with Crippen LogP contribution in [0.25, 0.3) is 11.1 Å². The summed E-state index contributed by atoms with van der Waals surface area (Å²) < 4.78 is 5.84. The molecular formula is C35H49N3O6. The number of carboxylic acid groups (broad SMARTS) is 1. The van der Waals surface area contributed by atoms with E-state index in [1.54, 1.807) is 14.1 Å². The fourth-order valence-corrected chi connectivity index (χ4v) is 6.20. The van der Waals surface area contributed by atoms with Crippen LogP contribution in [-0.4, -0.2) is 89.6 Å². The number of carbonyl (C=O) groups excluding carboxylic acids is 3. The van der Waals surface area contributed by atoms with Gasteiger partial charge in [-0.25, -0.2) is 9.59 Å². The Morgan fingerprint density at radius 3 is 1.61 bits per heavy atom. The van der Waals surface area contributed by atoms with Crippen molar-refractivity contribution in [2.75, 3.05) is 27.7 Å². The number of hydrogen-bond donors (Lipinski definition) is 1. The molecule has 1 N–H and O–H groups in total. The van der Waals surface area contributed by atoms with Crippen LogP contribution in [0.1, 0.15) is 71.4 Å². The van der Waals surface area contributed by atoms with Crippen LogP contribution in [-0.2, 0) is 19.1 Å². The van der Waals surface area contributed by atoms with Crippen LogP contribution in [0.2, 0.25) is 0 Å². The smallest absolute Gasteiger partial charge is 0.410 e. The van der Waals surface area contributed by atoms with Gasteiger partial charge in [-0.1, -0.05) is 90.1 Å².